The summed E-state index contributed by atoms with van der Waals surface area (Å²) in [6.07, 6.45) is -0.0484. The molecule has 0 amide bonds. The van der Waals surface area contributed by atoms with E-state index < -0.39 is 24.6 Å². The predicted molar refractivity (Wildman–Crippen MR) is 62.5 cm³/mol. The van der Waals surface area contributed by atoms with Gasteiger partial charge in [-0.25, -0.2) is 0 Å². The van der Waals surface area contributed by atoms with Gasteiger partial charge >= 0.3 is 0 Å². The number of hydrogen-bond acceptors (Lipinski definition) is 5. The molecule has 0 aliphatic carbocycles. The van der Waals surface area contributed by atoms with E-state index in [0.717, 1.165) is 12.8 Å². The Morgan fingerprint density at radius 2 is 2.24 bits per heavy atom. The molecule has 5 atom stereocenters. The summed E-state index contributed by atoms with van der Waals surface area (Å²) in [6.45, 7) is 5.77. The molecule has 0 aromatic rings. The molecule has 5 nitrogen and oxygen atoms in total. The summed E-state index contributed by atoms with van der Waals surface area (Å²) in [5.74, 6) is 0. The van der Waals surface area contributed by atoms with E-state index in [0.29, 0.717) is 0 Å². The molecule has 0 bridgehead atoms. The predicted octanol–water partition coefficient (Wildman–Crippen LogP) is 0.451. The fourth-order valence-electron chi connectivity index (χ4n) is 1.84. The van der Waals surface area contributed by atoms with Crippen LogP contribution in [0.25, 0.3) is 0 Å². The quantitative estimate of drug-likeness (QED) is 0.666. The fourth-order valence-corrected chi connectivity index (χ4v) is 1.84. The van der Waals surface area contributed by atoms with Gasteiger partial charge in [0.15, 0.2) is 6.29 Å². The minimum Gasteiger partial charge on any atom is -0.388 e. The average molecular weight is 246 g/mol. The molecule has 0 aromatic carbocycles. The third-order valence-electron chi connectivity index (χ3n) is 2.83. The van der Waals surface area contributed by atoms with Crippen LogP contribution in [0, 0.1) is 0 Å². The van der Waals surface area contributed by atoms with Crippen LogP contribution >= 0.6 is 0 Å². The van der Waals surface area contributed by atoms with Crippen molar-refractivity contribution in [2.45, 2.75) is 50.5 Å². The topological polar surface area (TPSA) is 68.2 Å². The molecule has 0 aromatic heterocycles. The lowest BCUT2D eigenvalue weighted by atomic mass is 10.0. The van der Waals surface area contributed by atoms with Gasteiger partial charge in [0.05, 0.1) is 12.7 Å². The number of aliphatic hydroxyl groups excluding tert-OH is 2. The molecule has 0 radical (unpaired) electrons. The first-order valence-electron chi connectivity index (χ1n) is 5.92. The molecule has 0 unspecified atom stereocenters. The SMILES string of the molecule is C=C[C@H](CCC)O[C@@H]1[C@@H](OC)OC[C@@H](O)[C@@H]1O. The monoisotopic (exact) mass is 246 g/mol. The van der Waals surface area contributed by atoms with E-state index in [1.54, 1.807) is 6.08 Å². The van der Waals surface area contributed by atoms with Crippen LogP contribution in [0.1, 0.15) is 19.8 Å². The van der Waals surface area contributed by atoms with Gasteiger partial charge in [0.2, 0.25) is 0 Å². The molecule has 2 N–H and O–H groups in total. The van der Waals surface area contributed by atoms with Crippen LogP contribution in [-0.4, -0.2) is 54.6 Å². The Balaban J connectivity index is 2.64. The van der Waals surface area contributed by atoms with Crippen LogP contribution in [0.4, 0.5) is 0 Å². The summed E-state index contributed by atoms with van der Waals surface area (Å²) in [5, 5.41) is 19.4. The van der Waals surface area contributed by atoms with Gasteiger partial charge in [-0.3, -0.25) is 0 Å². The molecule has 5 heteroatoms. The Morgan fingerprint density at radius 1 is 1.53 bits per heavy atom. The molecule has 17 heavy (non-hydrogen) atoms. The van der Waals surface area contributed by atoms with Crippen LogP contribution in [-0.2, 0) is 14.2 Å². The highest BCUT2D eigenvalue weighted by Gasteiger charge is 2.40. The molecular formula is C12H22O5. The zero-order chi connectivity index (χ0) is 12.8. The Labute approximate surface area is 102 Å². The van der Waals surface area contributed by atoms with E-state index in [9.17, 15) is 10.2 Å². The van der Waals surface area contributed by atoms with Crippen molar-refractivity contribution in [2.75, 3.05) is 13.7 Å². The van der Waals surface area contributed by atoms with Crippen LogP contribution in [0.3, 0.4) is 0 Å². The van der Waals surface area contributed by atoms with Gasteiger partial charge < -0.3 is 24.4 Å². The molecule has 0 saturated carbocycles. The van der Waals surface area contributed by atoms with Gasteiger partial charge in [-0.2, -0.15) is 0 Å². The van der Waals surface area contributed by atoms with Gasteiger partial charge in [-0.05, 0) is 6.42 Å². The fraction of sp³-hybridized carbons (Fsp3) is 0.833. The first-order chi connectivity index (χ1) is 8.13. The second kappa shape index (κ2) is 7.08. The van der Waals surface area contributed by atoms with Crippen molar-refractivity contribution in [3.8, 4) is 0 Å². The highest BCUT2D eigenvalue weighted by Crippen LogP contribution is 2.22. The number of methoxy groups -OCH3 is 1. The average Bonchev–Trinajstić information content (AvgIpc) is 2.34. The van der Waals surface area contributed by atoms with E-state index in [1.165, 1.54) is 7.11 Å². The van der Waals surface area contributed by atoms with Gasteiger partial charge in [-0.1, -0.05) is 19.4 Å². The molecule has 1 fully saturated rings. The second-order valence-electron chi connectivity index (χ2n) is 4.16. The summed E-state index contributed by atoms with van der Waals surface area (Å²) in [4.78, 5) is 0. The zero-order valence-corrected chi connectivity index (χ0v) is 10.4. The smallest absolute Gasteiger partial charge is 0.186 e. The number of aliphatic hydroxyl groups is 2. The Hall–Kier alpha value is -0.460. The van der Waals surface area contributed by atoms with Gasteiger partial charge in [0.1, 0.15) is 18.3 Å². The number of ether oxygens (including phenoxy) is 3. The molecule has 100 valence electrons. The van der Waals surface area contributed by atoms with Crippen molar-refractivity contribution < 1.29 is 24.4 Å². The van der Waals surface area contributed by atoms with Crippen molar-refractivity contribution >= 4 is 0 Å². The van der Waals surface area contributed by atoms with Gasteiger partial charge in [-0.15, -0.1) is 6.58 Å². The Morgan fingerprint density at radius 3 is 2.76 bits per heavy atom. The van der Waals surface area contributed by atoms with Gasteiger partial charge in [0.25, 0.3) is 0 Å². The van der Waals surface area contributed by atoms with E-state index in [4.69, 9.17) is 14.2 Å². The van der Waals surface area contributed by atoms with Crippen molar-refractivity contribution in [3.05, 3.63) is 12.7 Å². The first-order valence-corrected chi connectivity index (χ1v) is 5.92. The van der Waals surface area contributed by atoms with Crippen molar-refractivity contribution in [1.82, 2.24) is 0 Å². The third kappa shape index (κ3) is 3.76. The Kier molecular flexibility index (Phi) is 6.08. The summed E-state index contributed by atoms with van der Waals surface area (Å²) < 4.78 is 16.0. The lowest BCUT2D eigenvalue weighted by Gasteiger charge is -2.38. The largest absolute Gasteiger partial charge is 0.388 e. The highest BCUT2D eigenvalue weighted by molar-refractivity contribution is 4.88. The lowest BCUT2D eigenvalue weighted by molar-refractivity contribution is -0.279. The van der Waals surface area contributed by atoms with Crippen LogP contribution in [0.5, 0.6) is 0 Å². The molecular weight excluding hydrogens is 224 g/mol. The highest BCUT2D eigenvalue weighted by atomic mass is 16.7. The van der Waals surface area contributed by atoms with Crippen molar-refractivity contribution in [3.63, 3.8) is 0 Å². The first kappa shape index (κ1) is 14.6. The maximum absolute atomic E-state index is 9.88. The molecule has 1 saturated heterocycles. The van der Waals surface area contributed by atoms with Crippen LogP contribution in [0.15, 0.2) is 12.7 Å². The summed E-state index contributed by atoms with van der Waals surface area (Å²) >= 11 is 0. The van der Waals surface area contributed by atoms with Gasteiger partial charge in [0, 0.05) is 7.11 Å². The second-order valence-corrected chi connectivity index (χ2v) is 4.16. The van der Waals surface area contributed by atoms with Crippen LogP contribution in [0.2, 0.25) is 0 Å². The summed E-state index contributed by atoms with van der Waals surface area (Å²) in [7, 11) is 1.48. The lowest BCUT2D eigenvalue weighted by Crippen LogP contribution is -2.55. The normalized spacial score (nSPS) is 35.5. The minimum absolute atomic E-state index is 0.0477. The standard InChI is InChI=1S/C12H22O5/c1-4-6-8(5-2)17-11-10(14)9(13)7-16-12(11)15-3/h5,8-14H,2,4,6-7H2,1,3H3/t8-,9-,10+,11+,12+/m1/s1. The Bertz CT molecular complexity index is 231. The summed E-state index contributed by atoms with van der Waals surface area (Å²) in [6, 6.07) is 0. The maximum Gasteiger partial charge on any atom is 0.186 e. The molecule has 1 aliphatic rings. The number of hydrogen-bond donors (Lipinski definition) is 2. The molecule has 1 heterocycles. The van der Waals surface area contributed by atoms with E-state index in [2.05, 4.69) is 6.58 Å². The maximum atomic E-state index is 9.88. The van der Waals surface area contributed by atoms with Crippen molar-refractivity contribution in [2.24, 2.45) is 0 Å². The third-order valence-corrected chi connectivity index (χ3v) is 2.83. The molecule has 1 aliphatic heterocycles. The molecule has 1 rings (SSSR count). The minimum atomic E-state index is -1.01. The zero-order valence-electron chi connectivity index (χ0n) is 10.4. The van der Waals surface area contributed by atoms with E-state index in [1.807, 2.05) is 6.92 Å². The van der Waals surface area contributed by atoms with Crippen molar-refractivity contribution in [1.29, 1.82) is 0 Å². The summed E-state index contributed by atoms with van der Waals surface area (Å²) in [5.41, 5.74) is 0. The van der Waals surface area contributed by atoms with E-state index >= 15 is 0 Å². The molecule has 0 spiro atoms. The van der Waals surface area contributed by atoms with E-state index in [-0.39, 0.29) is 12.7 Å². The van der Waals surface area contributed by atoms with Crippen LogP contribution < -0.4 is 0 Å². The number of rotatable bonds is 6.